The molecule has 0 unspecified atom stereocenters. The summed E-state index contributed by atoms with van der Waals surface area (Å²) in [6, 6.07) is 4.13. The molecule has 2 heteroatoms. The fraction of sp³-hybridized carbons (Fsp3) is 0.0909. The van der Waals surface area contributed by atoms with Crippen molar-refractivity contribution < 1.29 is 0 Å². The van der Waals surface area contributed by atoms with Crippen LogP contribution in [0.15, 0.2) is 28.3 Å². The van der Waals surface area contributed by atoms with Crippen LogP contribution in [-0.4, -0.2) is 6.21 Å². The molecule has 1 aromatic carbocycles. The number of hydrogen-bond donors (Lipinski definition) is 0. The first-order chi connectivity index (χ1) is 6.45. The predicted octanol–water partition coefficient (Wildman–Crippen LogP) is 1.18. The van der Waals surface area contributed by atoms with Crippen LogP contribution in [0.3, 0.4) is 0 Å². The van der Waals surface area contributed by atoms with E-state index in [4.69, 9.17) is 0 Å². The zero-order valence-electron chi connectivity index (χ0n) is 7.07. The number of nitrogens with zero attached hydrogens (tertiary/aromatic N) is 2. The Bertz CT molecular complexity index is 536. The average Bonchev–Trinajstić information content (AvgIpc) is 2.65. The average molecular weight is 168 g/mol. The molecule has 2 nitrogen and oxygen atoms in total. The molecule has 0 atom stereocenters. The van der Waals surface area contributed by atoms with Crippen molar-refractivity contribution in [1.82, 2.24) is 0 Å². The minimum absolute atomic E-state index is 0.937. The van der Waals surface area contributed by atoms with Crippen molar-refractivity contribution in [3.63, 3.8) is 0 Å². The van der Waals surface area contributed by atoms with Crippen molar-refractivity contribution in [3.8, 4) is 0 Å². The molecule has 2 aliphatic rings. The van der Waals surface area contributed by atoms with Gasteiger partial charge in [-0.2, -0.15) is 0 Å². The van der Waals surface area contributed by atoms with Gasteiger partial charge in [0.1, 0.15) is 0 Å². The second-order valence-electron chi connectivity index (χ2n) is 3.13. The van der Waals surface area contributed by atoms with Crippen LogP contribution >= 0.6 is 0 Å². The molecule has 0 radical (unpaired) electrons. The van der Waals surface area contributed by atoms with Gasteiger partial charge in [-0.05, 0) is 17.4 Å². The Labute approximate surface area is 75.7 Å². The van der Waals surface area contributed by atoms with Crippen LogP contribution in [0.5, 0.6) is 0 Å². The van der Waals surface area contributed by atoms with Gasteiger partial charge in [0.05, 0.1) is 11.0 Å². The lowest BCUT2D eigenvalue weighted by Gasteiger charge is -2.03. The molecule has 13 heavy (non-hydrogen) atoms. The molecule has 0 aliphatic carbocycles. The largest absolute Gasteiger partial charge is 0.260 e. The van der Waals surface area contributed by atoms with E-state index in [1.807, 2.05) is 24.6 Å². The molecule has 0 N–H and O–H groups in total. The number of rotatable bonds is 0. The molecule has 0 fully saturated rings. The van der Waals surface area contributed by atoms with Crippen LogP contribution < -0.4 is 10.6 Å². The predicted molar refractivity (Wildman–Crippen MR) is 53.5 cm³/mol. The van der Waals surface area contributed by atoms with E-state index in [1.54, 1.807) is 0 Å². The number of aliphatic imine (C=N–C) groups is 1. The fourth-order valence-electron chi connectivity index (χ4n) is 1.72. The zero-order valence-corrected chi connectivity index (χ0v) is 7.07. The van der Waals surface area contributed by atoms with E-state index in [-0.39, 0.29) is 0 Å². The van der Waals surface area contributed by atoms with Gasteiger partial charge < -0.3 is 0 Å². The maximum Gasteiger partial charge on any atom is 0.0789 e. The Morgan fingerprint density at radius 3 is 3.23 bits per heavy atom. The van der Waals surface area contributed by atoms with Crippen LogP contribution in [0.25, 0.3) is 12.2 Å². The smallest absolute Gasteiger partial charge is 0.0789 e. The molecule has 0 spiro atoms. The Morgan fingerprint density at radius 1 is 1.23 bits per heavy atom. The van der Waals surface area contributed by atoms with Crippen molar-refractivity contribution in [2.24, 2.45) is 9.98 Å². The summed E-state index contributed by atoms with van der Waals surface area (Å²) in [5, 5.41) is 2.26. The van der Waals surface area contributed by atoms with Gasteiger partial charge in [-0.15, -0.1) is 0 Å². The second-order valence-corrected chi connectivity index (χ2v) is 3.13. The summed E-state index contributed by atoms with van der Waals surface area (Å²) in [6.45, 7) is 0. The van der Waals surface area contributed by atoms with E-state index < -0.39 is 0 Å². The lowest BCUT2D eigenvalue weighted by Crippen LogP contribution is -2.13. The summed E-state index contributed by atoms with van der Waals surface area (Å²) < 4.78 is 0. The summed E-state index contributed by atoms with van der Waals surface area (Å²) in [5.74, 6) is 0. The highest BCUT2D eigenvalue weighted by atomic mass is 14.8. The maximum absolute atomic E-state index is 4.40. The summed E-state index contributed by atoms with van der Waals surface area (Å²) in [6.07, 6.45) is 8.91. The molecule has 62 valence electrons. The third-order valence-electron chi connectivity index (χ3n) is 2.34. The highest BCUT2D eigenvalue weighted by Gasteiger charge is 2.07. The van der Waals surface area contributed by atoms with E-state index in [0.717, 1.165) is 23.0 Å². The van der Waals surface area contributed by atoms with Gasteiger partial charge in [-0.3, -0.25) is 9.98 Å². The van der Waals surface area contributed by atoms with Gasteiger partial charge in [-0.1, -0.05) is 12.1 Å². The van der Waals surface area contributed by atoms with Crippen LogP contribution in [0.2, 0.25) is 0 Å². The van der Waals surface area contributed by atoms with Crippen LogP contribution in [0.1, 0.15) is 12.0 Å². The van der Waals surface area contributed by atoms with Crippen LogP contribution in [0.4, 0.5) is 5.69 Å². The minimum atomic E-state index is 0.937. The third kappa shape index (κ3) is 0.886. The van der Waals surface area contributed by atoms with E-state index >= 15 is 0 Å². The summed E-state index contributed by atoms with van der Waals surface area (Å²) in [4.78, 5) is 8.64. The van der Waals surface area contributed by atoms with Gasteiger partial charge in [0.25, 0.3) is 0 Å². The Hall–Kier alpha value is -1.70. The van der Waals surface area contributed by atoms with Crippen LogP contribution in [0, 0.1) is 0 Å². The Kier molecular flexibility index (Phi) is 1.25. The SMILES string of the molecule is C1=Cc2c3c(ccc2=N1)=CCC=N3. The zero-order chi connectivity index (χ0) is 8.67. The standard InChI is InChI=1S/C11H8N2/c1-2-8-3-4-10-9(5-7-12-10)11(8)13-6-1/h2-7H,1H2. The van der Waals surface area contributed by atoms with Crippen LogP contribution in [-0.2, 0) is 0 Å². The molecule has 2 aliphatic heterocycles. The molecule has 0 saturated heterocycles. The molecular formula is C11H8N2. The summed E-state index contributed by atoms with van der Waals surface area (Å²) in [5.41, 5.74) is 2.23. The normalized spacial score (nSPS) is 16.0. The summed E-state index contributed by atoms with van der Waals surface area (Å²) >= 11 is 0. The Balaban J connectivity index is 2.50. The molecule has 0 bridgehead atoms. The topological polar surface area (TPSA) is 24.7 Å². The number of fused-ring (bicyclic) bond motifs is 3. The molecule has 0 aromatic heterocycles. The van der Waals surface area contributed by atoms with E-state index in [0.29, 0.717) is 0 Å². The van der Waals surface area contributed by atoms with Gasteiger partial charge in [0.15, 0.2) is 0 Å². The van der Waals surface area contributed by atoms with Gasteiger partial charge >= 0.3 is 0 Å². The molecule has 1 aromatic rings. The maximum atomic E-state index is 4.40. The first kappa shape index (κ1) is 6.78. The first-order valence-corrected chi connectivity index (χ1v) is 4.35. The van der Waals surface area contributed by atoms with E-state index in [2.05, 4.69) is 22.1 Å². The monoisotopic (exact) mass is 168 g/mol. The highest BCUT2D eigenvalue weighted by molar-refractivity contribution is 5.78. The van der Waals surface area contributed by atoms with Crippen molar-refractivity contribution in [2.75, 3.05) is 0 Å². The Morgan fingerprint density at radius 2 is 2.23 bits per heavy atom. The van der Waals surface area contributed by atoms with Crippen molar-refractivity contribution >= 4 is 24.1 Å². The quantitative estimate of drug-likeness (QED) is 0.555. The molecule has 0 amide bonds. The number of hydrogen-bond acceptors (Lipinski definition) is 2. The lowest BCUT2D eigenvalue weighted by molar-refractivity contribution is 1.32. The van der Waals surface area contributed by atoms with Gasteiger partial charge in [0, 0.05) is 24.4 Å². The highest BCUT2D eigenvalue weighted by Crippen LogP contribution is 2.16. The minimum Gasteiger partial charge on any atom is -0.260 e. The van der Waals surface area contributed by atoms with E-state index in [9.17, 15) is 0 Å². The first-order valence-electron chi connectivity index (χ1n) is 4.35. The van der Waals surface area contributed by atoms with Crippen molar-refractivity contribution in [1.29, 1.82) is 0 Å². The van der Waals surface area contributed by atoms with Gasteiger partial charge in [-0.25, -0.2) is 0 Å². The molecule has 3 rings (SSSR count). The van der Waals surface area contributed by atoms with Crippen molar-refractivity contribution in [2.45, 2.75) is 6.42 Å². The number of benzene rings is 1. The van der Waals surface area contributed by atoms with Crippen molar-refractivity contribution in [3.05, 3.63) is 34.5 Å². The third-order valence-corrected chi connectivity index (χ3v) is 2.34. The van der Waals surface area contributed by atoms with Gasteiger partial charge in [0.2, 0.25) is 0 Å². The summed E-state index contributed by atoms with van der Waals surface area (Å²) in [7, 11) is 0. The fourth-order valence-corrected chi connectivity index (χ4v) is 1.72. The lowest BCUT2D eigenvalue weighted by atomic mass is 10.1. The molecule has 2 heterocycles. The molecule has 0 saturated carbocycles. The second kappa shape index (κ2) is 2.39. The van der Waals surface area contributed by atoms with E-state index in [1.165, 1.54) is 5.22 Å². The molecular weight excluding hydrogens is 160 g/mol.